The highest BCUT2D eigenvalue weighted by molar-refractivity contribution is 5.80. The Labute approximate surface area is 183 Å². The van der Waals surface area contributed by atoms with Gasteiger partial charge in [-0.3, -0.25) is 4.79 Å². The molecule has 1 aliphatic carbocycles. The second-order valence-electron chi connectivity index (χ2n) is 7.86. The molecule has 9 heteroatoms. The van der Waals surface area contributed by atoms with Crippen molar-refractivity contribution >= 4 is 11.0 Å². The van der Waals surface area contributed by atoms with E-state index in [-0.39, 0.29) is 34.5 Å². The van der Waals surface area contributed by atoms with Gasteiger partial charge in [0, 0.05) is 24.2 Å². The Hall–Kier alpha value is -4.37. The van der Waals surface area contributed by atoms with Gasteiger partial charge < -0.3 is 4.98 Å². The van der Waals surface area contributed by atoms with Crippen molar-refractivity contribution < 1.29 is 0 Å². The summed E-state index contributed by atoms with van der Waals surface area (Å²) >= 11 is 0. The Morgan fingerprint density at radius 2 is 1.81 bits per heavy atom. The highest BCUT2D eigenvalue weighted by atomic mass is 16.1. The minimum absolute atomic E-state index is 0.00592. The molecule has 0 spiro atoms. The lowest BCUT2D eigenvalue weighted by molar-refractivity contribution is 0.319. The molecule has 0 amide bonds. The van der Waals surface area contributed by atoms with Gasteiger partial charge >= 0.3 is 0 Å². The zero-order valence-electron chi connectivity index (χ0n) is 17.2. The number of nitrogens with one attached hydrogen (secondary N) is 1. The number of benzene rings is 1. The van der Waals surface area contributed by atoms with Crippen LogP contribution in [0.4, 0.5) is 0 Å². The lowest BCUT2D eigenvalue weighted by Gasteiger charge is -2.34. The fourth-order valence-electron chi connectivity index (χ4n) is 4.20. The molecule has 0 aliphatic heterocycles. The van der Waals surface area contributed by atoms with Gasteiger partial charge in [-0.05, 0) is 43.5 Å². The van der Waals surface area contributed by atoms with Crippen LogP contribution in [0.1, 0.15) is 66.1 Å². The first-order valence-electron chi connectivity index (χ1n) is 10.3. The molecule has 3 heterocycles. The monoisotopic (exact) mass is 422 g/mol. The van der Waals surface area contributed by atoms with E-state index in [1.165, 1.54) is 0 Å². The Morgan fingerprint density at radius 3 is 2.44 bits per heavy atom. The summed E-state index contributed by atoms with van der Waals surface area (Å²) in [6.07, 6.45) is 5.21. The molecular formula is C23H18N8O. The van der Waals surface area contributed by atoms with Crippen LogP contribution in [0.15, 0.2) is 47.5 Å². The number of rotatable bonds is 4. The van der Waals surface area contributed by atoms with E-state index in [1.54, 1.807) is 35.3 Å². The second kappa shape index (κ2) is 7.71. The van der Waals surface area contributed by atoms with E-state index in [1.807, 2.05) is 25.1 Å². The van der Waals surface area contributed by atoms with Crippen LogP contribution in [-0.2, 0) is 0 Å². The molecular weight excluding hydrogens is 404 g/mol. The van der Waals surface area contributed by atoms with Gasteiger partial charge in [0.25, 0.3) is 5.56 Å². The van der Waals surface area contributed by atoms with Crippen molar-refractivity contribution in [1.82, 2.24) is 29.7 Å². The highest BCUT2D eigenvalue weighted by Crippen LogP contribution is 2.46. The first kappa shape index (κ1) is 19.6. The molecule has 1 saturated carbocycles. The predicted octanol–water partition coefficient (Wildman–Crippen LogP) is 2.92. The van der Waals surface area contributed by atoms with Crippen molar-refractivity contribution in [3.63, 3.8) is 0 Å². The Balaban J connectivity index is 1.60. The summed E-state index contributed by atoms with van der Waals surface area (Å²) in [4.78, 5) is 29.3. The maximum absolute atomic E-state index is 13.0. The molecule has 0 unspecified atom stereocenters. The maximum atomic E-state index is 13.0. The van der Waals surface area contributed by atoms with Crippen molar-refractivity contribution in [3.05, 3.63) is 81.5 Å². The molecule has 0 bridgehead atoms. The highest BCUT2D eigenvalue weighted by Gasteiger charge is 2.37. The third-order valence-electron chi connectivity index (χ3n) is 6.12. The van der Waals surface area contributed by atoms with Gasteiger partial charge in [-0.15, -0.1) is 0 Å². The van der Waals surface area contributed by atoms with Crippen LogP contribution in [0.3, 0.4) is 0 Å². The van der Waals surface area contributed by atoms with E-state index in [2.05, 4.69) is 26.1 Å². The zero-order chi connectivity index (χ0) is 22.2. The third kappa shape index (κ3) is 3.12. The summed E-state index contributed by atoms with van der Waals surface area (Å²) in [6.45, 7) is 1.92. The first-order chi connectivity index (χ1) is 15.6. The van der Waals surface area contributed by atoms with Crippen molar-refractivity contribution in [2.24, 2.45) is 0 Å². The third-order valence-corrected chi connectivity index (χ3v) is 6.12. The number of H-pyrrole nitrogens is 1. The van der Waals surface area contributed by atoms with E-state index in [0.29, 0.717) is 17.0 Å². The van der Waals surface area contributed by atoms with Crippen LogP contribution in [-0.4, -0.2) is 29.7 Å². The van der Waals surface area contributed by atoms with Gasteiger partial charge in [0.15, 0.2) is 11.3 Å². The van der Waals surface area contributed by atoms with Crippen molar-refractivity contribution in [2.45, 2.75) is 37.6 Å². The summed E-state index contributed by atoms with van der Waals surface area (Å²) in [5, 5.41) is 23.2. The number of aromatic amines is 1. The minimum atomic E-state index is -0.376. The number of nitrogens with zero attached hydrogens (tertiary/aromatic N) is 7. The van der Waals surface area contributed by atoms with Crippen molar-refractivity contribution in [3.8, 4) is 12.1 Å². The number of nitriles is 2. The van der Waals surface area contributed by atoms with E-state index in [9.17, 15) is 10.1 Å². The van der Waals surface area contributed by atoms with Crippen LogP contribution in [0.2, 0.25) is 0 Å². The lowest BCUT2D eigenvalue weighted by Crippen LogP contribution is -2.28. The average Bonchev–Trinajstić information content (AvgIpc) is 3.18. The van der Waals surface area contributed by atoms with Crippen LogP contribution in [0.25, 0.3) is 11.0 Å². The van der Waals surface area contributed by atoms with Crippen molar-refractivity contribution in [1.29, 1.82) is 10.5 Å². The summed E-state index contributed by atoms with van der Waals surface area (Å²) in [5.41, 5.74) is 1.48. The smallest absolute Gasteiger partial charge is 0.263 e. The lowest BCUT2D eigenvalue weighted by atomic mass is 9.72. The van der Waals surface area contributed by atoms with E-state index < -0.39 is 0 Å². The van der Waals surface area contributed by atoms with Gasteiger partial charge in [-0.1, -0.05) is 12.1 Å². The standard InChI is InChI=1S/C23H18N8O/c1-13(15-5-3-14(11-24)4-6-15)31-22-19(18(12-25)30-31)23(32)29-21(28-22)17-8-7-16(17)20-26-9-2-10-27-20/h2-6,9-10,13,16-17H,7-8H2,1H3,(H,28,29,32)/t13-,16+,17+/m1/s1. The summed E-state index contributed by atoms with van der Waals surface area (Å²) < 4.78 is 1.61. The molecule has 3 aromatic heterocycles. The quantitative estimate of drug-likeness (QED) is 0.534. The molecule has 1 aromatic carbocycles. The second-order valence-corrected chi connectivity index (χ2v) is 7.86. The number of hydrogen-bond acceptors (Lipinski definition) is 7. The molecule has 9 nitrogen and oxygen atoms in total. The predicted molar refractivity (Wildman–Crippen MR) is 115 cm³/mol. The molecule has 4 aromatic rings. The fourth-order valence-corrected chi connectivity index (χ4v) is 4.20. The molecule has 156 valence electrons. The van der Waals surface area contributed by atoms with E-state index >= 15 is 0 Å². The van der Waals surface area contributed by atoms with E-state index in [0.717, 1.165) is 24.2 Å². The summed E-state index contributed by atoms with van der Waals surface area (Å²) in [7, 11) is 0. The SMILES string of the molecule is C[C@H](c1ccc(C#N)cc1)n1nc(C#N)c2c(=O)[nH]c([C@H]3CC[C@@H]3c3ncccn3)nc21. The fraction of sp³-hybridized carbons (Fsp3) is 0.261. The summed E-state index contributed by atoms with van der Waals surface area (Å²) in [6, 6.07) is 12.7. The minimum Gasteiger partial charge on any atom is -0.310 e. The topological polar surface area (TPSA) is 137 Å². The first-order valence-corrected chi connectivity index (χ1v) is 10.3. The summed E-state index contributed by atoms with van der Waals surface area (Å²) in [5.74, 6) is 1.38. The van der Waals surface area contributed by atoms with Crippen LogP contribution in [0, 0.1) is 22.7 Å². The van der Waals surface area contributed by atoms with Gasteiger partial charge in [-0.2, -0.15) is 15.6 Å². The Kier molecular flexibility index (Phi) is 4.72. The molecule has 1 fully saturated rings. The normalized spacial score (nSPS) is 18.5. The Bertz CT molecular complexity index is 1440. The number of aromatic nitrogens is 6. The molecule has 32 heavy (non-hydrogen) atoms. The molecule has 3 atom stereocenters. The zero-order valence-corrected chi connectivity index (χ0v) is 17.2. The van der Waals surface area contributed by atoms with Gasteiger partial charge in [-0.25, -0.2) is 19.6 Å². The van der Waals surface area contributed by atoms with Crippen LogP contribution >= 0.6 is 0 Å². The van der Waals surface area contributed by atoms with Gasteiger partial charge in [0.2, 0.25) is 0 Å². The van der Waals surface area contributed by atoms with Gasteiger partial charge in [0.05, 0.1) is 17.7 Å². The molecule has 1 aliphatic rings. The number of hydrogen-bond donors (Lipinski definition) is 1. The van der Waals surface area contributed by atoms with Crippen LogP contribution in [0.5, 0.6) is 0 Å². The van der Waals surface area contributed by atoms with Gasteiger partial charge in [0.1, 0.15) is 23.1 Å². The largest absolute Gasteiger partial charge is 0.310 e. The maximum Gasteiger partial charge on any atom is 0.263 e. The molecule has 0 radical (unpaired) electrons. The Morgan fingerprint density at radius 1 is 1.09 bits per heavy atom. The van der Waals surface area contributed by atoms with E-state index in [4.69, 9.17) is 10.2 Å². The molecule has 5 rings (SSSR count). The van der Waals surface area contributed by atoms with Crippen molar-refractivity contribution in [2.75, 3.05) is 0 Å². The average molecular weight is 422 g/mol. The number of fused-ring (bicyclic) bond motifs is 1. The molecule has 0 saturated heterocycles. The molecule has 1 N–H and O–H groups in total. The van der Waals surface area contributed by atoms with Crippen LogP contribution < -0.4 is 5.56 Å².